The SMILES string of the molecule is CCc1cccc(S(=O)(=O)Nc2ccccc2)c1OCC1CO1. The van der Waals surface area contributed by atoms with Crippen molar-refractivity contribution in [2.24, 2.45) is 0 Å². The number of hydrogen-bond acceptors (Lipinski definition) is 4. The summed E-state index contributed by atoms with van der Waals surface area (Å²) in [5.41, 5.74) is 1.38. The lowest BCUT2D eigenvalue weighted by Gasteiger charge is -2.16. The Morgan fingerprint density at radius 1 is 1.17 bits per heavy atom. The minimum absolute atomic E-state index is 0.0672. The van der Waals surface area contributed by atoms with Gasteiger partial charge in [0.2, 0.25) is 0 Å². The van der Waals surface area contributed by atoms with Crippen molar-refractivity contribution in [1.29, 1.82) is 0 Å². The van der Waals surface area contributed by atoms with E-state index in [4.69, 9.17) is 9.47 Å². The van der Waals surface area contributed by atoms with Crippen LogP contribution in [0.5, 0.6) is 5.75 Å². The van der Waals surface area contributed by atoms with Gasteiger partial charge >= 0.3 is 0 Å². The second-order valence-electron chi connectivity index (χ2n) is 5.34. The van der Waals surface area contributed by atoms with Gasteiger partial charge in [-0.15, -0.1) is 0 Å². The van der Waals surface area contributed by atoms with E-state index in [1.54, 1.807) is 36.4 Å². The third-order valence-corrected chi connectivity index (χ3v) is 4.98. The third-order valence-electron chi connectivity index (χ3n) is 3.57. The van der Waals surface area contributed by atoms with Crippen molar-refractivity contribution < 1.29 is 17.9 Å². The molecule has 1 aliphatic rings. The van der Waals surface area contributed by atoms with Gasteiger partial charge in [-0.25, -0.2) is 8.42 Å². The number of hydrogen-bond donors (Lipinski definition) is 1. The second-order valence-corrected chi connectivity index (χ2v) is 6.99. The number of epoxide rings is 1. The van der Waals surface area contributed by atoms with Crippen LogP contribution in [0.2, 0.25) is 0 Å². The van der Waals surface area contributed by atoms with E-state index in [1.807, 2.05) is 19.1 Å². The number of aryl methyl sites for hydroxylation is 1. The van der Waals surface area contributed by atoms with Crippen LogP contribution in [-0.2, 0) is 21.2 Å². The highest BCUT2D eigenvalue weighted by atomic mass is 32.2. The van der Waals surface area contributed by atoms with E-state index in [1.165, 1.54) is 0 Å². The van der Waals surface area contributed by atoms with E-state index in [-0.39, 0.29) is 11.0 Å². The Balaban J connectivity index is 1.93. The largest absolute Gasteiger partial charge is 0.489 e. The molecule has 1 atom stereocenters. The van der Waals surface area contributed by atoms with Crippen LogP contribution in [0.25, 0.3) is 0 Å². The van der Waals surface area contributed by atoms with Crippen molar-refractivity contribution in [3.63, 3.8) is 0 Å². The maximum Gasteiger partial charge on any atom is 0.265 e. The second kappa shape index (κ2) is 6.60. The van der Waals surface area contributed by atoms with Crippen LogP contribution < -0.4 is 9.46 Å². The molecule has 0 saturated carbocycles. The Hall–Kier alpha value is -2.05. The summed E-state index contributed by atoms with van der Waals surface area (Å²) in [5.74, 6) is 0.411. The fourth-order valence-electron chi connectivity index (χ4n) is 2.27. The van der Waals surface area contributed by atoms with Gasteiger partial charge in [0, 0.05) is 5.69 Å². The van der Waals surface area contributed by atoms with Crippen molar-refractivity contribution in [2.75, 3.05) is 17.9 Å². The molecule has 0 aromatic heterocycles. The minimum atomic E-state index is -3.72. The average molecular weight is 333 g/mol. The summed E-state index contributed by atoms with van der Waals surface area (Å²) in [6.07, 6.45) is 0.757. The number of anilines is 1. The van der Waals surface area contributed by atoms with Gasteiger partial charge in [0.25, 0.3) is 10.0 Å². The molecule has 1 aliphatic heterocycles. The molecular formula is C17H19NO4S. The smallest absolute Gasteiger partial charge is 0.265 e. The maximum absolute atomic E-state index is 12.7. The standard InChI is InChI=1S/C17H19NO4S/c1-2-13-7-6-10-16(17(13)22-12-15-11-21-15)23(19,20)18-14-8-4-3-5-9-14/h3-10,15,18H,2,11-12H2,1H3. The number of nitrogens with one attached hydrogen (secondary N) is 1. The lowest BCUT2D eigenvalue weighted by molar-refractivity contribution is 0.256. The lowest BCUT2D eigenvalue weighted by atomic mass is 10.1. The Morgan fingerprint density at radius 2 is 1.91 bits per heavy atom. The van der Waals surface area contributed by atoms with Gasteiger partial charge in [0.15, 0.2) is 0 Å². The van der Waals surface area contributed by atoms with Crippen molar-refractivity contribution in [3.05, 3.63) is 54.1 Å². The molecule has 0 bridgehead atoms. The highest BCUT2D eigenvalue weighted by Gasteiger charge is 2.26. The Bertz CT molecular complexity index is 770. The molecule has 2 aromatic rings. The fraction of sp³-hybridized carbons (Fsp3) is 0.294. The molecule has 23 heavy (non-hydrogen) atoms. The van der Waals surface area contributed by atoms with E-state index in [0.717, 1.165) is 5.56 Å². The molecule has 0 amide bonds. The predicted octanol–water partition coefficient (Wildman–Crippen LogP) is 2.83. The molecule has 0 aliphatic carbocycles. The Morgan fingerprint density at radius 3 is 2.57 bits per heavy atom. The van der Waals surface area contributed by atoms with Crippen LogP contribution in [0.15, 0.2) is 53.4 Å². The first-order valence-electron chi connectivity index (χ1n) is 7.54. The molecule has 6 heteroatoms. The van der Waals surface area contributed by atoms with Crippen LogP contribution in [-0.4, -0.2) is 27.7 Å². The van der Waals surface area contributed by atoms with Crippen LogP contribution >= 0.6 is 0 Å². The fourth-order valence-corrected chi connectivity index (χ4v) is 3.52. The number of ether oxygens (including phenoxy) is 2. The molecule has 1 fully saturated rings. The molecule has 0 radical (unpaired) electrons. The quantitative estimate of drug-likeness (QED) is 0.791. The zero-order valence-electron chi connectivity index (χ0n) is 12.9. The Labute approximate surface area is 136 Å². The van der Waals surface area contributed by atoms with Crippen molar-refractivity contribution >= 4 is 15.7 Å². The van der Waals surface area contributed by atoms with Crippen molar-refractivity contribution in [1.82, 2.24) is 0 Å². The van der Waals surface area contributed by atoms with Gasteiger partial charge in [0.1, 0.15) is 23.4 Å². The number of para-hydroxylation sites is 2. The summed E-state index contributed by atoms with van der Waals surface area (Å²) in [5, 5.41) is 0. The van der Waals surface area contributed by atoms with E-state index in [0.29, 0.717) is 31.1 Å². The maximum atomic E-state index is 12.7. The summed E-state index contributed by atoms with van der Waals surface area (Å²) in [4.78, 5) is 0.154. The van der Waals surface area contributed by atoms with Crippen LogP contribution in [0.4, 0.5) is 5.69 Å². The molecule has 0 spiro atoms. The summed E-state index contributed by atoms with van der Waals surface area (Å²) in [6, 6.07) is 14.0. The summed E-state index contributed by atoms with van der Waals surface area (Å²) < 4.78 is 38.9. The van der Waals surface area contributed by atoms with Crippen LogP contribution in [0.3, 0.4) is 0 Å². The molecule has 5 nitrogen and oxygen atoms in total. The summed E-state index contributed by atoms with van der Waals surface area (Å²) >= 11 is 0. The molecule has 122 valence electrons. The number of rotatable bonds is 7. The number of benzene rings is 2. The average Bonchev–Trinajstić information content (AvgIpc) is 3.37. The van der Waals surface area contributed by atoms with E-state index in [9.17, 15) is 8.42 Å². The zero-order valence-corrected chi connectivity index (χ0v) is 13.7. The normalized spacial score (nSPS) is 16.8. The highest BCUT2D eigenvalue weighted by Crippen LogP contribution is 2.31. The molecule has 1 N–H and O–H groups in total. The first-order valence-corrected chi connectivity index (χ1v) is 9.02. The van der Waals surface area contributed by atoms with E-state index >= 15 is 0 Å². The highest BCUT2D eigenvalue weighted by molar-refractivity contribution is 7.92. The Kier molecular flexibility index (Phi) is 4.54. The van der Waals surface area contributed by atoms with Gasteiger partial charge in [-0.05, 0) is 30.2 Å². The molecule has 3 rings (SSSR count). The summed E-state index contributed by atoms with van der Waals surface area (Å²) in [6.45, 7) is 3.00. The molecule has 2 aromatic carbocycles. The minimum Gasteiger partial charge on any atom is -0.489 e. The monoisotopic (exact) mass is 333 g/mol. The number of sulfonamides is 1. The topological polar surface area (TPSA) is 67.9 Å². The third kappa shape index (κ3) is 3.83. The molecule has 1 unspecified atom stereocenters. The van der Waals surface area contributed by atoms with E-state index in [2.05, 4.69) is 4.72 Å². The van der Waals surface area contributed by atoms with Crippen molar-refractivity contribution in [3.8, 4) is 5.75 Å². The zero-order chi connectivity index (χ0) is 16.3. The van der Waals surface area contributed by atoms with Gasteiger partial charge in [-0.2, -0.15) is 0 Å². The van der Waals surface area contributed by atoms with Gasteiger partial charge < -0.3 is 9.47 Å². The molecule has 1 saturated heterocycles. The van der Waals surface area contributed by atoms with Gasteiger partial charge in [-0.3, -0.25) is 4.72 Å². The molecule has 1 heterocycles. The summed E-state index contributed by atoms with van der Waals surface area (Å²) in [7, 11) is -3.72. The molecular weight excluding hydrogens is 314 g/mol. The first-order chi connectivity index (χ1) is 11.1. The first kappa shape index (κ1) is 15.8. The van der Waals surface area contributed by atoms with Crippen LogP contribution in [0.1, 0.15) is 12.5 Å². The van der Waals surface area contributed by atoms with Gasteiger partial charge in [0.05, 0.1) is 6.61 Å². The van der Waals surface area contributed by atoms with Crippen LogP contribution in [0, 0.1) is 0 Å². The van der Waals surface area contributed by atoms with Gasteiger partial charge in [-0.1, -0.05) is 37.3 Å². The lowest BCUT2D eigenvalue weighted by Crippen LogP contribution is -2.16. The van der Waals surface area contributed by atoms with Crippen molar-refractivity contribution in [2.45, 2.75) is 24.3 Å². The van der Waals surface area contributed by atoms with E-state index < -0.39 is 10.0 Å². The predicted molar refractivity (Wildman–Crippen MR) is 88.3 cm³/mol.